The topological polar surface area (TPSA) is 46.6 Å². The molecule has 104 valence electrons. The van der Waals surface area contributed by atoms with Crippen LogP contribution in [-0.4, -0.2) is 36.5 Å². The summed E-state index contributed by atoms with van der Waals surface area (Å²) >= 11 is 0. The van der Waals surface area contributed by atoms with Crippen LogP contribution in [0.25, 0.3) is 0 Å². The number of esters is 1. The SMILES string of the molecule is CCOC(=O)CN(CC)C(=O)c1cc(C)ccc1F. The molecule has 0 saturated carbocycles. The van der Waals surface area contributed by atoms with Crippen LogP contribution in [0.2, 0.25) is 0 Å². The fourth-order valence-electron chi connectivity index (χ4n) is 1.66. The number of halogens is 1. The molecule has 5 heteroatoms. The fourth-order valence-corrected chi connectivity index (χ4v) is 1.66. The predicted molar refractivity (Wildman–Crippen MR) is 69.3 cm³/mol. The third-order valence-electron chi connectivity index (χ3n) is 2.65. The highest BCUT2D eigenvalue weighted by molar-refractivity contribution is 5.96. The van der Waals surface area contributed by atoms with Crippen LogP contribution in [0.1, 0.15) is 29.8 Å². The molecule has 1 amide bonds. The molecule has 19 heavy (non-hydrogen) atoms. The van der Waals surface area contributed by atoms with Crippen LogP contribution in [-0.2, 0) is 9.53 Å². The molecule has 1 aromatic rings. The van der Waals surface area contributed by atoms with Crippen molar-refractivity contribution in [1.82, 2.24) is 4.90 Å². The maximum Gasteiger partial charge on any atom is 0.325 e. The number of hydrogen-bond donors (Lipinski definition) is 0. The second-order valence-electron chi connectivity index (χ2n) is 4.11. The summed E-state index contributed by atoms with van der Waals surface area (Å²) in [5.41, 5.74) is 0.767. The first-order valence-corrected chi connectivity index (χ1v) is 6.20. The Bertz CT molecular complexity index is 474. The van der Waals surface area contributed by atoms with Gasteiger partial charge in [-0.2, -0.15) is 0 Å². The summed E-state index contributed by atoms with van der Waals surface area (Å²) in [7, 11) is 0. The van der Waals surface area contributed by atoms with Crippen molar-refractivity contribution in [2.24, 2.45) is 0 Å². The summed E-state index contributed by atoms with van der Waals surface area (Å²) in [5.74, 6) is -1.58. The fraction of sp³-hybridized carbons (Fsp3) is 0.429. The standard InChI is InChI=1S/C14H18FNO3/c1-4-16(9-13(17)19-5-2)14(18)11-8-10(3)6-7-12(11)15/h6-8H,4-5,9H2,1-3H3. The van der Waals surface area contributed by atoms with Crippen molar-refractivity contribution in [3.05, 3.63) is 35.1 Å². The Labute approximate surface area is 112 Å². The number of carbonyl (C=O) groups excluding carboxylic acids is 2. The molecule has 0 heterocycles. The molecule has 1 aromatic carbocycles. The molecule has 0 aliphatic carbocycles. The maximum atomic E-state index is 13.6. The van der Waals surface area contributed by atoms with E-state index in [-0.39, 0.29) is 18.7 Å². The zero-order valence-electron chi connectivity index (χ0n) is 11.4. The van der Waals surface area contributed by atoms with Crippen LogP contribution >= 0.6 is 0 Å². The van der Waals surface area contributed by atoms with E-state index in [4.69, 9.17) is 4.74 Å². The number of ether oxygens (including phenoxy) is 1. The van der Waals surface area contributed by atoms with Crippen LogP contribution < -0.4 is 0 Å². The smallest absolute Gasteiger partial charge is 0.325 e. The molecule has 1 rings (SSSR count). The van der Waals surface area contributed by atoms with Gasteiger partial charge in [-0.1, -0.05) is 11.6 Å². The van der Waals surface area contributed by atoms with Crippen LogP contribution in [0.5, 0.6) is 0 Å². The third kappa shape index (κ3) is 4.05. The van der Waals surface area contributed by atoms with Crippen molar-refractivity contribution in [1.29, 1.82) is 0 Å². The number of aryl methyl sites for hydroxylation is 1. The molecule has 0 aliphatic rings. The Morgan fingerprint density at radius 3 is 2.58 bits per heavy atom. The zero-order chi connectivity index (χ0) is 14.4. The van der Waals surface area contributed by atoms with Gasteiger partial charge in [0.15, 0.2) is 0 Å². The second-order valence-corrected chi connectivity index (χ2v) is 4.11. The lowest BCUT2D eigenvalue weighted by atomic mass is 10.1. The van der Waals surface area contributed by atoms with Gasteiger partial charge in [-0.25, -0.2) is 4.39 Å². The normalized spacial score (nSPS) is 10.1. The minimum absolute atomic E-state index is 0.0221. The Morgan fingerprint density at radius 2 is 2.00 bits per heavy atom. The second kappa shape index (κ2) is 6.87. The van der Waals surface area contributed by atoms with Crippen LogP contribution in [0.3, 0.4) is 0 Å². The largest absolute Gasteiger partial charge is 0.465 e. The molecular formula is C14H18FNO3. The highest BCUT2D eigenvalue weighted by atomic mass is 19.1. The van der Waals surface area contributed by atoms with Gasteiger partial charge >= 0.3 is 5.97 Å². The van der Waals surface area contributed by atoms with Crippen molar-refractivity contribution in [3.63, 3.8) is 0 Å². The highest BCUT2D eigenvalue weighted by Gasteiger charge is 2.20. The first-order valence-electron chi connectivity index (χ1n) is 6.20. The van der Waals surface area contributed by atoms with E-state index in [1.165, 1.54) is 17.0 Å². The van der Waals surface area contributed by atoms with E-state index in [9.17, 15) is 14.0 Å². The first kappa shape index (κ1) is 15.1. The number of amides is 1. The van der Waals surface area contributed by atoms with E-state index >= 15 is 0 Å². The first-order chi connectivity index (χ1) is 8.99. The zero-order valence-corrected chi connectivity index (χ0v) is 11.4. The summed E-state index contributed by atoms with van der Waals surface area (Å²) in [6.45, 7) is 5.59. The molecule has 0 fully saturated rings. The Hall–Kier alpha value is -1.91. The van der Waals surface area contributed by atoms with E-state index in [1.54, 1.807) is 26.8 Å². The number of nitrogens with zero attached hydrogens (tertiary/aromatic N) is 1. The molecule has 0 unspecified atom stereocenters. The van der Waals surface area contributed by atoms with E-state index in [0.717, 1.165) is 5.56 Å². The minimum atomic E-state index is -0.585. The van der Waals surface area contributed by atoms with Gasteiger partial charge in [-0.3, -0.25) is 9.59 Å². The Morgan fingerprint density at radius 1 is 1.32 bits per heavy atom. The van der Waals surface area contributed by atoms with E-state index in [1.807, 2.05) is 0 Å². The molecule has 0 N–H and O–H groups in total. The molecule has 0 saturated heterocycles. The molecule has 0 aliphatic heterocycles. The van der Waals surface area contributed by atoms with E-state index < -0.39 is 17.7 Å². The molecule has 0 bridgehead atoms. The molecule has 0 spiro atoms. The quantitative estimate of drug-likeness (QED) is 0.768. The average Bonchev–Trinajstić information content (AvgIpc) is 2.38. The summed E-state index contributed by atoms with van der Waals surface area (Å²) in [5, 5.41) is 0. The van der Waals surface area contributed by atoms with Gasteiger partial charge in [0.05, 0.1) is 12.2 Å². The third-order valence-corrected chi connectivity index (χ3v) is 2.65. The van der Waals surface area contributed by atoms with Gasteiger partial charge in [-0.15, -0.1) is 0 Å². The number of benzene rings is 1. The molecule has 4 nitrogen and oxygen atoms in total. The predicted octanol–water partition coefficient (Wildman–Crippen LogP) is 2.16. The Kier molecular flexibility index (Phi) is 5.48. The van der Waals surface area contributed by atoms with Gasteiger partial charge in [0.2, 0.25) is 0 Å². The number of hydrogen-bond acceptors (Lipinski definition) is 3. The van der Waals surface area contributed by atoms with E-state index in [0.29, 0.717) is 6.54 Å². The lowest BCUT2D eigenvalue weighted by Crippen LogP contribution is -2.36. The van der Waals surface area contributed by atoms with Crippen molar-refractivity contribution < 1.29 is 18.7 Å². The molecule has 0 atom stereocenters. The number of carbonyl (C=O) groups is 2. The van der Waals surface area contributed by atoms with Crippen LogP contribution in [0.15, 0.2) is 18.2 Å². The molecule has 0 aromatic heterocycles. The van der Waals surface area contributed by atoms with Crippen LogP contribution in [0, 0.1) is 12.7 Å². The summed E-state index contributed by atoms with van der Waals surface area (Å²) in [6.07, 6.45) is 0. The monoisotopic (exact) mass is 267 g/mol. The van der Waals surface area contributed by atoms with Crippen molar-refractivity contribution in [3.8, 4) is 0 Å². The van der Waals surface area contributed by atoms with Gasteiger partial charge < -0.3 is 9.64 Å². The molecule has 0 radical (unpaired) electrons. The summed E-state index contributed by atoms with van der Waals surface area (Å²) in [4.78, 5) is 24.8. The summed E-state index contributed by atoms with van der Waals surface area (Å²) < 4.78 is 18.4. The van der Waals surface area contributed by atoms with Gasteiger partial charge in [0, 0.05) is 6.54 Å². The number of likely N-dealkylation sites (N-methyl/N-ethyl adjacent to an activating group) is 1. The van der Waals surface area contributed by atoms with Gasteiger partial charge in [-0.05, 0) is 32.9 Å². The lowest BCUT2D eigenvalue weighted by Gasteiger charge is -2.20. The van der Waals surface area contributed by atoms with Gasteiger partial charge in [0.25, 0.3) is 5.91 Å². The Balaban J connectivity index is 2.89. The number of rotatable bonds is 5. The average molecular weight is 267 g/mol. The molecular weight excluding hydrogens is 249 g/mol. The van der Waals surface area contributed by atoms with Crippen molar-refractivity contribution in [2.45, 2.75) is 20.8 Å². The highest BCUT2D eigenvalue weighted by Crippen LogP contribution is 2.13. The maximum absolute atomic E-state index is 13.6. The minimum Gasteiger partial charge on any atom is -0.465 e. The lowest BCUT2D eigenvalue weighted by molar-refractivity contribution is -0.143. The van der Waals surface area contributed by atoms with Crippen molar-refractivity contribution >= 4 is 11.9 Å². The van der Waals surface area contributed by atoms with Gasteiger partial charge in [0.1, 0.15) is 12.4 Å². The van der Waals surface area contributed by atoms with E-state index in [2.05, 4.69) is 0 Å². The van der Waals surface area contributed by atoms with Crippen molar-refractivity contribution in [2.75, 3.05) is 19.7 Å². The van der Waals surface area contributed by atoms with Crippen LogP contribution in [0.4, 0.5) is 4.39 Å². The summed E-state index contributed by atoms with van der Waals surface area (Å²) in [6, 6.07) is 4.32.